The lowest BCUT2D eigenvalue weighted by atomic mass is 9.98. The molecule has 26 heavy (non-hydrogen) atoms. The van der Waals surface area contributed by atoms with E-state index in [-0.39, 0.29) is 5.56 Å². The van der Waals surface area contributed by atoms with Crippen LogP contribution >= 0.6 is 0 Å². The second kappa shape index (κ2) is 6.10. The van der Waals surface area contributed by atoms with Crippen LogP contribution in [0.1, 0.15) is 24.2 Å². The number of fused-ring (bicyclic) bond motifs is 1. The van der Waals surface area contributed by atoms with Gasteiger partial charge >= 0.3 is 0 Å². The van der Waals surface area contributed by atoms with Crippen molar-refractivity contribution in [3.63, 3.8) is 0 Å². The van der Waals surface area contributed by atoms with Crippen LogP contribution in [0.25, 0.3) is 0 Å². The number of hydrogen-bond donors (Lipinski definition) is 1. The summed E-state index contributed by atoms with van der Waals surface area (Å²) in [6.45, 7) is 4.14. The third-order valence-electron chi connectivity index (χ3n) is 4.04. The smallest absolute Gasteiger partial charge is 0.277 e. The van der Waals surface area contributed by atoms with Crippen molar-refractivity contribution in [2.45, 2.75) is 19.4 Å². The van der Waals surface area contributed by atoms with E-state index in [1.54, 1.807) is 12.1 Å². The molecule has 2 aromatic carbocycles. The number of nitro groups is 2. The third-order valence-corrected chi connectivity index (χ3v) is 4.04. The van der Waals surface area contributed by atoms with E-state index in [1.165, 1.54) is 4.90 Å². The van der Waals surface area contributed by atoms with Gasteiger partial charge < -0.3 is 10.2 Å². The largest absolute Gasteiger partial charge is 0.377 e. The maximum atomic E-state index is 13.1. The minimum atomic E-state index is -0.751. The number of nitrogens with zero attached hydrogens (tertiary/aromatic N) is 3. The summed E-state index contributed by atoms with van der Waals surface area (Å²) >= 11 is 0. The maximum absolute atomic E-state index is 13.1. The SMILES string of the molecule is CC1(C)CN(C(=O)c2cc([N+](=O)[O-])cc([N+](=O)[O-])c2)c2ccccc2N1. The molecule has 0 spiro atoms. The lowest BCUT2D eigenvalue weighted by Gasteiger charge is -2.40. The Labute approximate surface area is 148 Å². The van der Waals surface area contributed by atoms with E-state index in [4.69, 9.17) is 0 Å². The monoisotopic (exact) mass is 356 g/mol. The standard InChI is InChI=1S/C17H16N4O5/c1-17(2)10-19(15-6-4-3-5-14(15)18-17)16(22)11-7-12(20(23)24)9-13(8-11)21(25)26/h3-9,18H,10H2,1-2H3. The molecular formula is C17H16N4O5. The first-order valence-corrected chi connectivity index (χ1v) is 7.81. The summed E-state index contributed by atoms with van der Waals surface area (Å²) in [6.07, 6.45) is 0. The molecule has 0 aromatic heterocycles. The summed E-state index contributed by atoms with van der Waals surface area (Å²) in [6, 6.07) is 10.1. The van der Waals surface area contributed by atoms with Crippen LogP contribution in [0.4, 0.5) is 22.7 Å². The predicted molar refractivity (Wildman–Crippen MR) is 95.6 cm³/mol. The highest BCUT2D eigenvalue weighted by Gasteiger charge is 2.34. The minimum absolute atomic E-state index is 0.0987. The zero-order valence-electron chi connectivity index (χ0n) is 14.1. The number of rotatable bonds is 3. The molecule has 9 nitrogen and oxygen atoms in total. The summed E-state index contributed by atoms with van der Waals surface area (Å²) in [5.41, 5.74) is -0.159. The van der Waals surface area contributed by atoms with Crippen LogP contribution < -0.4 is 10.2 Å². The van der Waals surface area contributed by atoms with Crippen molar-refractivity contribution in [1.82, 2.24) is 0 Å². The maximum Gasteiger partial charge on any atom is 0.277 e. The number of nitro benzene ring substituents is 2. The zero-order valence-corrected chi connectivity index (χ0v) is 14.1. The van der Waals surface area contributed by atoms with Gasteiger partial charge in [0.05, 0.1) is 32.9 Å². The lowest BCUT2D eigenvalue weighted by molar-refractivity contribution is -0.394. The third kappa shape index (κ3) is 3.18. The molecule has 0 atom stereocenters. The Bertz CT molecular complexity index is 893. The highest BCUT2D eigenvalue weighted by Crippen LogP contribution is 2.35. The van der Waals surface area contributed by atoms with Gasteiger partial charge in [-0.2, -0.15) is 0 Å². The first-order chi connectivity index (χ1) is 12.2. The Balaban J connectivity index is 2.09. The molecule has 3 rings (SSSR count). The van der Waals surface area contributed by atoms with Gasteiger partial charge in [0, 0.05) is 24.2 Å². The van der Waals surface area contributed by atoms with E-state index < -0.39 is 32.7 Å². The number of amides is 1. The average Bonchev–Trinajstić information content (AvgIpc) is 2.59. The number of carbonyl (C=O) groups is 1. The number of anilines is 2. The Morgan fingerprint density at radius 3 is 2.23 bits per heavy atom. The van der Waals surface area contributed by atoms with Crippen molar-refractivity contribution in [1.29, 1.82) is 0 Å². The summed E-state index contributed by atoms with van der Waals surface area (Å²) < 4.78 is 0. The molecule has 9 heteroatoms. The van der Waals surface area contributed by atoms with Crippen LogP contribution in [0, 0.1) is 20.2 Å². The molecule has 1 aliphatic rings. The summed E-state index contributed by atoms with van der Waals surface area (Å²) in [7, 11) is 0. The van der Waals surface area contributed by atoms with Gasteiger partial charge in [-0.15, -0.1) is 0 Å². The zero-order chi connectivity index (χ0) is 19.1. The molecule has 0 radical (unpaired) electrons. The fourth-order valence-electron chi connectivity index (χ4n) is 2.97. The number of para-hydroxylation sites is 2. The van der Waals surface area contributed by atoms with Crippen molar-refractivity contribution in [2.24, 2.45) is 0 Å². The number of hydrogen-bond acceptors (Lipinski definition) is 6. The van der Waals surface area contributed by atoms with Crippen LogP contribution in [0.2, 0.25) is 0 Å². The van der Waals surface area contributed by atoms with Crippen LogP contribution in [0.15, 0.2) is 42.5 Å². The highest BCUT2D eigenvalue weighted by atomic mass is 16.6. The second-order valence-corrected chi connectivity index (χ2v) is 6.67. The fraction of sp³-hybridized carbons (Fsp3) is 0.235. The number of nitrogens with one attached hydrogen (secondary N) is 1. The molecule has 1 heterocycles. The van der Waals surface area contributed by atoms with Gasteiger partial charge in [0.25, 0.3) is 17.3 Å². The van der Waals surface area contributed by atoms with E-state index in [0.717, 1.165) is 23.9 Å². The Morgan fingerprint density at radius 2 is 1.65 bits per heavy atom. The summed E-state index contributed by atoms with van der Waals surface area (Å²) in [4.78, 5) is 35.2. The van der Waals surface area contributed by atoms with Gasteiger partial charge in [-0.3, -0.25) is 25.0 Å². The average molecular weight is 356 g/mol. The van der Waals surface area contributed by atoms with Crippen molar-refractivity contribution in [3.8, 4) is 0 Å². The van der Waals surface area contributed by atoms with Crippen molar-refractivity contribution in [2.75, 3.05) is 16.8 Å². The molecule has 1 N–H and O–H groups in total. The van der Waals surface area contributed by atoms with E-state index in [1.807, 2.05) is 26.0 Å². The molecule has 0 saturated carbocycles. The predicted octanol–water partition coefficient (Wildman–Crippen LogP) is 3.35. The van der Waals surface area contributed by atoms with Gasteiger partial charge in [-0.25, -0.2) is 0 Å². The van der Waals surface area contributed by atoms with Crippen LogP contribution in [-0.2, 0) is 0 Å². The Morgan fingerprint density at radius 1 is 1.08 bits per heavy atom. The Kier molecular flexibility index (Phi) is 4.07. The quantitative estimate of drug-likeness (QED) is 0.665. The van der Waals surface area contributed by atoms with Crippen LogP contribution in [0.5, 0.6) is 0 Å². The normalized spacial score (nSPS) is 14.9. The molecule has 0 aliphatic carbocycles. The Hall–Kier alpha value is -3.49. The van der Waals surface area contributed by atoms with E-state index in [2.05, 4.69) is 5.32 Å². The van der Waals surface area contributed by atoms with Crippen molar-refractivity contribution in [3.05, 3.63) is 68.3 Å². The van der Waals surface area contributed by atoms with Gasteiger partial charge in [-0.05, 0) is 26.0 Å². The molecule has 0 bridgehead atoms. The molecule has 1 amide bonds. The molecule has 1 aliphatic heterocycles. The molecule has 0 saturated heterocycles. The molecule has 134 valence electrons. The summed E-state index contributed by atoms with van der Waals surface area (Å²) in [5.74, 6) is -0.529. The van der Waals surface area contributed by atoms with E-state index in [9.17, 15) is 25.0 Å². The topological polar surface area (TPSA) is 119 Å². The number of carbonyl (C=O) groups excluding carboxylic acids is 1. The summed E-state index contributed by atoms with van der Waals surface area (Å²) in [5, 5.41) is 25.5. The first kappa shape index (κ1) is 17.3. The molecule has 0 unspecified atom stereocenters. The molecule has 2 aromatic rings. The lowest BCUT2D eigenvalue weighted by Crippen LogP contribution is -2.50. The van der Waals surface area contributed by atoms with Crippen molar-refractivity contribution < 1.29 is 14.6 Å². The van der Waals surface area contributed by atoms with Gasteiger partial charge in [0.1, 0.15) is 0 Å². The van der Waals surface area contributed by atoms with Crippen LogP contribution in [-0.4, -0.2) is 27.8 Å². The van der Waals surface area contributed by atoms with Crippen molar-refractivity contribution >= 4 is 28.7 Å². The highest BCUT2D eigenvalue weighted by molar-refractivity contribution is 6.09. The van der Waals surface area contributed by atoms with E-state index in [0.29, 0.717) is 12.2 Å². The van der Waals surface area contributed by atoms with Gasteiger partial charge in [0.15, 0.2) is 0 Å². The minimum Gasteiger partial charge on any atom is -0.377 e. The van der Waals surface area contributed by atoms with Gasteiger partial charge in [-0.1, -0.05) is 12.1 Å². The van der Waals surface area contributed by atoms with Gasteiger partial charge in [0.2, 0.25) is 0 Å². The van der Waals surface area contributed by atoms with E-state index >= 15 is 0 Å². The first-order valence-electron chi connectivity index (χ1n) is 7.81. The number of benzene rings is 2. The second-order valence-electron chi connectivity index (χ2n) is 6.67. The molecule has 0 fully saturated rings. The number of non-ortho nitro benzene ring substituents is 2. The fourth-order valence-corrected chi connectivity index (χ4v) is 2.97. The molecular weight excluding hydrogens is 340 g/mol. The van der Waals surface area contributed by atoms with Crippen LogP contribution in [0.3, 0.4) is 0 Å².